The number of nitrogens with zero attached hydrogens (tertiary/aromatic N) is 2. The molecule has 0 aliphatic rings. The van der Waals surface area contributed by atoms with Crippen molar-refractivity contribution in [3.8, 4) is 0 Å². The standard InChI is InChI=1S/C14H15N3O2/c15-12(14(18)19)10-17(11-6-2-1-3-7-11)13-8-4-5-9-16-13/h1-9,12H,10,15H2,(H,18,19). The third kappa shape index (κ3) is 3.29. The molecule has 0 radical (unpaired) electrons. The fraction of sp³-hybridized carbons (Fsp3) is 0.143. The normalized spacial score (nSPS) is 11.8. The van der Waals surface area contributed by atoms with Crippen LogP contribution in [0.15, 0.2) is 54.7 Å². The third-order valence-corrected chi connectivity index (χ3v) is 2.69. The Balaban J connectivity index is 2.32. The predicted molar refractivity (Wildman–Crippen MR) is 73.3 cm³/mol. The number of anilines is 2. The molecule has 19 heavy (non-hydrogen) atoms. The minimum atomic E-state index is -1.03. The highest BCUT2D eigenvalue weighted by atomic mass is 16.4. The van der Waals surface area contributed by atoms with Crippen LogP contribution in [0.1, 0.15) is 0 Å². The number of carbonyl (C=O) groups is 1. The average molecular weight is 257 g/mol. The Morgan fingerprint density at radius 3 is 2.47 bits per heavy atom. The molecular formula is C14H15N3O2. The molecule has 0 aliphatic heterocycles. The lowest BCUT2D eigenvalue weighted by molar-refractivity contribution is -0.138. The lowest BCUT2D eigenvalue weighted by Crippen LogP contribution is -2.41. The minimum Gasteiger partial charge on any atom is -0.480 e. The van der Waals surface area contributed by atoms with Gasteiger partial charge in [-0.25, -0.2) is 4.98 Å². The van der Waals surface area contributed by atoms with Crippen LogP contribution in [0.25, 0.3) is 0 Å². The van der Waals surface area contributed by atoms with E-state index >= 15 is 0 Å². The summed E-state index contributed by atoms with van der Waals surface area (Å²) in [5, 5.41) is 8.95. The summed E-state index contributed by atoms with van der Waals surface area (Å²) in [5.74, 6) is -0.359. The molecule has 0 saturated carbocycles. The number of pyridine rings is 1. The molecule has 0 fully saturated rings. The molecular weight excluding hydrogens is 242 g/mol. The first-order chi connectivity index (χ1) is 9.18. The van der Waals surface area contributed by atoms with Gasteiger partial charge in [-0.15, -0.1) is 0 Å². The van der Waals surface area contributed by atoms with Crippen molar-refractivity contribution < 1.29 is 9.90 Å². The Kier molecular flexibility index (Phi) is 4.10. The maximum absolute atomic E-state index is 10.9. The topological polar surface area (TPSA) is 79.5 Å². The van der Waals surface area contributed by atoms with Crippen LogP contribution >= 0.6 is 0 Å². The molecule has 1 heterocycles. The van der Waals surface area contributed by atoms with Crippen molar-refractivity contribution in [2.75, 3.05) is 11.4 Å². The van der Waals surface area contributed by atoms with E-state index in [1.165, 1.54) is 0 Å². The van der Waals surface area contributed by atoms with Gasteiger partial charge in [-0.3, -0.25) is 4.79 Å². The summed E-state index contributed by atoms with van der Waals surface area (Å²) in [6.45, 7) is 0.163. The average Bonchev–Trinajstić information content (AvgIpc) is 2.46. The van der Waals surface area contributed by atoms with Crippen molar-refractivity contribution in [1.29, 1.82) is 0 Å². The number of aromatic nitrogens is 1. The van der Waals surface area contributed by atoms with Crippen molar-refractivity contribution in [2.24, 2.45) is 5.73 Å². The van der Waals surface area contributed by atoms with Crippen LogP contribution < -0.4 is 10.6 Å². The molecule has 0 spiro atoms. The van der Waals surface area contributed by atoms with Crippen molar-refractivity contribution in [2.45, 2.75) is 6.04 Å². The number of para-hydroxylation sites is 1. The summed E-state index contributed by atoms with van der Waals surface area (Å²) in [6, 6.07) is 14.0. The highest BCUT2D eigenvalue weighted by Crippen LogP contribution is 2.22. The van der Waals surface area contributed by atoms with Crippen LogP contribution in [0.3, 0.4) is 0 Å². The summed E-state index contributed by atoms with van der Waals surface area (Å²) in [6.07, 6.45) is 1.66. The molecule has 1 aromatic heterocycles. The zero-order valence-corrected chi connectivity index (χ0v) is 10.3. The van der Waals surface area contributed by atoms with Gasteiger partial charge in [0.2, 0.25) is 0 Å². The van der Waals surface area contributed by atoms with E-state index in [1.54, 1.807) is 11.1 Å². The first-order valence-electron chi connectivity index (χ1n) is 5.90. The molecule has 0 saturated heterocycles. The molecule has 2 aromatic rings. The van der Waals surface area contributed by atoms with E-state index in [0.717, 1.165) is 5.69 Å². The van der Waals surface area contributed by atoms with E-state index in [2.05, 4.69) is 4.98 Å². The zero-order chi connectivity index (χ0) is 13.7. The molecule has 1 atom stereocenters. The molecule has 5 heteroatoms. The van der Waals surface area contributed by atoms with E-state index in [9.17, 15) is 4.79 Å². The van der Waals surface area contributed by atoms with E-state index in [1.807, 2.05) is 48.5 Å². The highest BCUT2D eigenvalue weighted by molar-refractivity contribution is 5.75. The van der Waals surface area contributed by atoms with Gasteiger partial charge in [-0.1, -0.05) is 24.3 Å². The lowest BCUT2D eigenvalue weighted by Gasteiger charge is -2.25. The molecule has 98 valence electrons. The monoisotopic (exact) mass is 257 g/mol. The Labute approximate surface area is 111 Å². The number of hydrogen-bond acceptors (Lipinski definition) is 4. The van der Waals surface area contributed by atoms with Gasteiger partial charge in [0, 0.05) is 11.9 Å². The molecule has 0 aliphatic carbocycles. The summed E-state index contributed by atoms with van der Waals surface area (Å²) >= 11 is 0. The summed E-state index contributed by atoms with van der Waals surface area (Å²) in [5.41, 5.74) is 6.48. The number of carboxylic acid groups (broad SMARTS) is 1. The van der Waals surface area contributed by atoms with Crippen LogP contribution in [0.5, 0.6) is 0 Å². The van der Waals surface area contributed by atoms with Gasteiger partial charge in [0.1, 0.15) is 11.9 Å². The SMILES string of the molecule is NC(CN(c1ccccc1)c1ccccn1)C(=O)O. The van der Waals surface area contributed by atoms with Crippen LogP contribution in [0.2, 0.25) is 0 Å². The number of nitrogens with two attached hydrogens (primary N) is 1. The van der Waals surface area contributed by atoms with Gasteiger partial charge in [-0.05, 0) is 24.3 Å². The van der Waals surface area contributed by atoms with Crippen molar-refractivity contribution in [3.63, 3.8) is 0 Å². The first kappa shape index (κ1) is 13.0. The van der Waals surface area contributed by atoms with Gasteiger partial charge in [-0.2, -0.15) is 0 Å². The van der Waals surface area contributed by atoms with Crippen molar-refractivity contribution in [1.82, 2.24) is 4.98 Å². The van der Waals surface area contributed by atoms with E-state index in [-0.39, 0.29) is 6.54 Å². The number of carboxylic acids is 1. The zero-order valence-electron chi connectivity index (χ0n) is 10.3. The quantitative estimate of drug-likeness (QED) is 0.851. The molecule has 5 nitrogen and oxygen atoms in total. The second kappa shape index (κ2) is 5.97. The van der Waals surface area contributed by atoms with E-state index in [0.29, 0.717) is 5.82 Å². The van der Waals surface area contributed by atoms with E-state index < -0.39 is 12.0 Å². The molecule has 0 amide bonds. The minimum absolute atomic E-state index is 0.163. The largest absolute Gasteiger partial charge is 0.480 e. The number of aliphatic carboxylic acids is 1. The molecule has 2 rings (SSSR count). The molecule has 0 bridgehead atoms. The van der Waals surface area contributed by atoms with Crippen LogP contribution in [-0.4, -0.2) is 28.6 Å². The fourth-order valence-electron chi connectivity index (χ4n) is 1.73. The lowest BCUT2D eigenvalue weighted by atomic mass is 10.2. The second-order valence-corrected chi connectivity index (χ2v) is 4.08. The summed E-state index contributed by atoms with van der Waals surface area (Å²) in [7, 11) is 0. The third-order valence-electron chi connectivity index (χ3n) is 2.69. The van der Waals surface area contributed by atoms with E-state index in [4.69, 9.17) is 10.8 Å². The number of rotatable bonds is 5. The van der Waals surface area contributed by atoms with Gasteiger partial charge >= 0.3 is 5.97 Å². The Morgan fingerprint density at radius 2 is 1.89 bits per heavy atom. The van der Waals surface area contributed by atoms with Gasteiger partial charge < -0.3 is 15.7 Å². The predicted octanol–water partition coefficient (Wildman–Crippen LogP) is 1.63. The van der Waals surface area contributed by atoms with Gasteiger partial charge in [0.05, 0.1) is 6.54 Å². The molecule has 1 aromatic carbocycles. The fourth-order valence-corrected chi connectivity index (χ4v) is 1.73. The number of hydrogen-bond donors (Lipinski definition) is 2. The summed E-state index contributed by atoms with van der Waals surface area (Å²) < 4.78 is 0. The number of benzene rings is 1. The van der Waals surface area contributed by atoms with Gasteiger partial charge in [0.15, 0.2) is 0 Å². The second-order valence-electron chi connectivity index (χ2n) is 4.08. The van der Waals surface area contributed by atoms with Crippen LogP contribution in [0.4, 0.5) is 11.5 Å². The van der Waals surface area contributed by atoms with Crippen LogP contribution in [-0.2, 0) is 4.79 Å². The Bertz CT molecular complexity index is 491. The maximum atomic E-state index is 10.9. The molecule has 3 N–H and O–H groups in total. The Hall–Kier alpha value is -2.40. The highest BCUT2D eigenvalue weighted by Gasteiger charge is 2.18. The van der Waals surface area contributed by atoms with Crippen LogP contribution in [0, 0.1) is 0 Å². The van der Waals surface area contributed by atoms with Crippen molar-refractivity contribution >= 4 is 17.5 Å². The first-order valence-corrected chi connectivity index (χ1v) is 5.90. The van der Waals surface area contributed by atoms with Gasteiger partial charge in [0.25, 0.3) is 0 Å². The maximum Gasteiger partial charge on any atom is 0.322 e. The smallest absolute Gasteiger partial charge is 0.322 e. The molecule has 1 unspecified atom stereocenters. The Morgan fingerprint density at radius 1 is 1.21 bits per heavy atom. The van der Waals surface area contributed by atoms with Crippen molar-refractivity contribution in [3.05, 3.63) is 54.7 Å². The summed E-state index contributed by atoms with van der Waals surface area (Å²) in [4.78, 5) is 17.0.